The van der Waals surface area contributed by atoms with Gasteiger partial charge in [-0.3, -0.25) is 9.59 Å². The van der Waals surface area contributed by atoms with Gasteiger partial charge >= 0.3 is 6.09 Å². The molecule has 2 aliphatic rings. The predicted octanol–water partition coefficient (Wildman–Crippen LogP) is 3.04. The molecule has 178 valence electrons. The fraction of sp³-hybridized carbons (Fsp3) is 0.870. The Kier molecular flexibility index (Phi) is 8.36. The fourth-order valence-corrected chi connectivity index (χ4v) is 4.53. The number of alkyl carbamates (subject to hydrolysis) is 1. The molecule has 0 aromatic rings. The maximum atomic E-state index is 13.2. The van der Waals surface area contributed by atoms with Crippen molar-refractivity contribution in [3.63, 3.8) is 0 Å². The van der Waals surface area contributed by atoms with E-state index in [-0.39, 0.29) is 36.9 Å². The van der Waals surface area contributed by atoms with Crippen LogP contribution in [0.5, 0.6) is 0 Å². The van der Waals surface area contributed by atoms with Crippen molar-refractivity contribution < 1.29 is 23.9 Å². The summed E-state index contributed by atoms with van der Waals surface area (Å²) in [6.45, 7) is 11.8. The lowest BCUT2D eigenvalue weighted by Crippen LogP contribution is -2.78. The van der Waals surface area contributed by atoms with Crippen LogP contribution in [0.15, 0.2) is 0 Å². The Morgan fingerprint density at radius 3 is 2.26 bits per heavy atom. The lowest BCUT2D eigenvalue weighted by molar-refractivity contribution is -0.178. The summed E-state index contributed by atoms with van der Waals surface area (Å²) in [5.41, 5.74) is -2.46. The summed E-state index contributed by atoms with van der Waals surface area (Å²) in [6.07, 6.45) is 5.34. The number of carbonyl (C=O) groups excluding carboxylic acids is 3. The second-order valence-electron chi connectivity index (χ2n) is 10.3. The first-order valence-corrected chi connectivity index (χ1v) is 11.6. The highest BCUT2D eigenvalue weighted by atomic mass is 16.6. The third-order valence-corrected chi connectivity index (χ3v) is 6.47. The normalized spacial score (nSPS) is 25.8. The molecule has 8 heteroatoms. The van der Waals surface area contributed by atoms with E-state index < -0.39 is 22.6 Å². The maximum absolute atomic E-state index is 13.2. The van der Waals surface area contributed by atoms with Gasteiger partial charge in [0.2, 0.25) is 11.8 Å². The van der Waals surface area contributed by atoms with Crippen LogP contribution in [0.4, 0.5) is 4.79 Å². The molecular weight excluding hydrogens is 398 g/mol. The summed E-state index contributed by atoms with van der Waals surface area (Å²) in [5, 5.41) is 8.73. The molecule has 2 fully saturated rings. The number of hydrogen-bond donors (Lipinski definition) is 3. The first-order chi connectivity index (χ1) is 14.4. The van der Waals surface area contributed by atoms with Gasteiger partial charge in [-0.15, -0.1) is 0 Å². The van der Waals surface area contributed by atoms with Crippen LogP contribution in [0.25, 0.3) is 0 Å². The SMILES string of the molecule is CCOC1CC(NC(=O)OC(C)(C)C)(C(=O)NCCC(=O)NC2CCCCC2)C1(C)C. The van der Waals surface area contributed by atoms with E-state index >= 15 is 0 Å². The molecule has 0 aromatic heterocycles. The lowest BCUT2D eigenvalue weighted by atomic mass is 9.53. The average molecular weight is 440 g/mol. The van der Waals surface area contributed by atoms with Gasteiger partial charge in [-0.05, 0) is 40.5 Å². The molecule has 2 atom stereocenters. The van der Waals surface area contributed by atoms with Gasteiger partial charge in [-0.2, -0.15) is 0 Å². The Hall–Kier alpha value is -1.83. The van der Waals surface area contributed by atoms with Gasteiger partial charge in [0.15, 0.2) is 0 Å². The molecule has 0 saturated heterocycles. The van der Waals surface area contributed by atoms with Crippen LogP contribution in [0.2, 0.25) is 0 Å². The Morgan fingerprint density at radius 2 is 1.71 bits per heavy atom. The molecule has 2 rings (SSSR count). The molecule has 0 heterocycles. The Bertz CT molecular complexity index is 652. The van der Waals surface area contributed by atoms with Crippen molar-refractivity contribution >= 4 is 17.9 Å². The van der Waals surface area contributed by atoms with Gasteiger partial charge < -0.3 is 25.4 Å². The highest BCUT2D eigenvalue weighted by Gasteiger charge is 2.66. The van der Waals surface area contributed by atoms with Crippen LogP contribution >= 0.6 is 0 Å². The Balaban J connectivity index is 1.97. The van der Waals surface area contributed by atoms with Crippen molar-refractivity contribution in [2.75, 3.05) is 13.2 Å². The van der Waals surface area contributed by atoms with Crippen LogP contribution in [0.3, 0.4) is 0 Å². The maximum Gasteiger partial charge on any atom is 0.408 e. The Labute approximate surface area is 186 Å². The quantitative estimate of drug-likeness (QED) is 0.539. The summed E-state index contributed by atoms with van der Waals surface area (Å²) < 4.78 is 11.2. The standard InChI is InChI=1S/C23H41N3O5/c1-7-30-17-15-23(22(17,5)6,26-20(29)31-21(2,3)4)19(28)24-14-13-18(27)25-16-11-9-8-10-12-16/h16-17H,7-15H2,1-6H3,(H,24,28)(H,25,27)(H,26,29). The third-order valence-electron chi connectivity index (χ3n) is 6.47. The summed E-state index contributed by atoms with van der Waals surface area (Å²) in [5.74, 6) is -0.369. The van der Waals surface area contributed by atoms with Gasteiger partial charge in [0, 0.05) is 37.5 Å². The van der Waals surface area contributed by atoms with E-state index in [0.29, 0.717) is 13.0 Å². The van der Waals surface area contributed by atoms with Crippen molar-refractivity contribution in [1.29, 1.82) is 0 Å². The van der Waals surface area contributed by atoms with Gasteiger partial charge in [0.25, 0.3) is 0 Å². The van der Waals surface area contributed by atoms with E-state index in [9.17, 15) is 14.4 Å². The Morgan fingerprint density at radius 1 is 1.06 bits per heavy atom. The minimum absolute atomic E-state index is 0.0542. The fourth-order valence-electron chi connectivity index (χ4n) is 4.53. The predicted molar refractivity (Wildman–Crippen MR) is 119 cm³/mol. The number of amides is 3. The van der Waals surface area contributed by atoms with E-state index in [0.717, 1.165) is 25.7 Å². The molecule has 3 N–H and O–H groups in total. The second kappa shape index (κ2) is 10.2. The molecule has 0 radical (unpaired) electrons. The number of ether oxygens (including phenoxy) is 2. The van der Waals surface area contributed by atoms with Gasteiger partial charge in [-0.1, -0.05) is 33.1 Å². The van der Waals surface area contributed by atoms with Crippen molar-refractivity contribution in [1.82, 2.24) is 16.0 Å². The zero-order chi connectivity index (χ0) is 23.3. The molecule has 2 saturated carbocycles. The molecule has 8 nitrogen and oxygen atoms in total. The van der Waals surface area contributed by atoms with Gasteiger partial charge in [0.05, 0.1) is 6.10 Å². The zero-order valence-corrected chi connectivity index (χ0v) is 20.1. The molecule has 0 aliphatic heterocycles. The second-order valence-corrected chi connectivity index (χ2v) is 10.3. The minimum atomic E-state index is -1.16. The zero-order valence-electron chi connectivity index (χ0n) is 20.1. The van der Waals surface area contributed by atoms with Crippen LogP contribution in [-0.4, -0.2) is 54.3 Å². The van der Waals surface area contributed by atoms with Crippen molar-refractivity contribution in [3.05, 3.63) is 0 Å². The van der Waals surface area contributed by atoms with Crippen molar-refractivity contribution in [2.24, 2.45) is 5.41 Å². The highest BCUT2D eigenvalue weighted by Crippen LogP contribution is 2.51. The number of nitrogens with one attached hydrogen (secondary N) is 3. The van der Waals surface area contributed by atoms with E-state index in [2.05, 4.69) is 16.0 Å². The molecule has 3 amide bonds. The van der Waals surface area contributed by atoms with E-state index in [1.807, 2.05) is 20.8 Å². The molecule has 31 heavy (non-hydrogen) atoms. The van der Waals surface area contributed by atoms with Crippen LogP contribution in [0, 0.1) is 5.41 Å². The topological polar surface area (TPSA) is 106 Å². The number of hydrogen-bond acceptors (Lipinski definition) is 5. The molecule has 0 bridgehead atoms. The van der Waals surface area contributed by atoms with Gasteiger partial charge in [0.1, 0.15) is 11.1 Å². The molecule has 2 aliphatic carbocycles. The van der Waals surface area contributed by atoms with E-state index in [1.54, 1.807) is 20.8 Å². The van der Waals surface area contributed by atoms with E-state index in [4.69, 9.17) is 9.47 Å². The van der Waals surface area contributed by atoms with Gasteiger partial charge in [-0.25, -0.2) is 4.79 Å². The largest absolute Gasteiger partial charge is 0.444 e. The van der Waals surface area contributed by atoms with Crippen LogP contribution in [0.1, 0.15) is 86.5 Å². The summed E-state index contributed by atoms with van der Waals surface area (Å²) in [6, 6.07) is 0.245. The van der Waals surface area contributed by atoms with Crippen LogP contribution in [-0.2, 0) is 19.1 Å². The lowest BCUT2D eigenvalue weighted by Gasteiger charge is -2.59. The van der Waals surface area contributed by atoms with Crippen LogP contribution < -0.4 is 16.0 Å². The van der Waals surface area contributed by atoms with Crippen molar-refractivity contribution in [2.45, 2.75) is 110 Å². The monoisotopic (exact) mass is 439 g/mol. The van der Waals surface area contributed by atoms with Crippen molar-refractivity contribution in [3.8, 4) is 0 Å². The number of rotatable bonds is 8. The smallest absolute Gasteiger partial charge is 0.408 e. The third kappa shape index (κ3) is 6.34. The first-order valence-electron chi connectivity index (χ1n) is 11.6. The highest BCUT2D eigenvalue weighted by molar-refractivity contribution is 5.93. The summed E-state index contributed by atoms with van der Waals surface area (Å²) in [4.78, 5) is 38.0. The molecule has 0 spiro atoms. The first kappa shape index (κ1) is 25.4. The summed E-state index contributed by atoms with van der Waals surface area (Å²) in [7, 11) is 0. The molecule has 0 aromatic carbocycles. The molecular formula is C23H41N3O5. The minimum Gasteiger partial charge on any atom is -0.444 e. The summed E-state index contributed by atoms with van der Waals surface area (Å²) >= 11 is 0. The van der Waals surface area contributed by atoms with E-state index in [1.165, 1.54) is 6.42 Å². The number of carbonyl (C=O) groups is 3. The average Bonchev–Trinajstić information content (AvgIpc) is 2.66. The molecule has 2 unspecified atom stereocenters.